The Hall–Kier alpha value is -1.31. The first-order valence-electron chi connectivity index (χ1n) is 5.44. The summed E-state index contributed by atoms with van der Waals surface area (Å²) in [6.45, 7) is 3.35. The number of aromatic nitrogens is 1. The van der Waals surface area contributed by atoms with Crippen LogP contribution in [-0.2, 0) is 28.3 Å². The van der Waals surface area contributed by atoms with Gasteiger partial charge in [-0.15, -0.1) is 0 Å². The Labute approximate surface area is 147 Å². The van der Waals surface area contributed by atoms with Gasteiger partial charge in [-0.1, -0.05) is 6.07 Å². The first-order chi connectivity index (χ1) is 8.91. The molecule has 0 saturated heterocycles. The number of hydrogen-bond donors (Lipinski definition) is 0. The number of hydrogen-bond acceptors (Lipinski definition) is 7. The molecule has 0 fully saturated rings. The Morgan fingerprint density at radius 2 is 1.14 bits per heavy atom. The number of rotatable bonds is 3. The van der Waals surface area contributed by atoms with Crippen LogP contribution in [0.5, 0.6) is 0 Å². The van der Waals surface area contributed by atoms with Gasteiger partial charge in [-0.05, 0) is 12.1 Å². The van der Waals surface area contributed by atoms with Crippen molar-refractivity contribution in [3.05, 3.63) is 30.6 Å². The van der Waals surface area contributed by atoms with E-state index in [0.717, 1.165) is 20.8 Å². The Balaban J connectivity index is -0.000000342. The molecule has 0 saturated carbocycles. The van der Waals surface area contributed by atoms with Crippen molar-refractivity contribution in [3.8, 4) is 0 Å². The molecule has 0 bridgehead atoms. The van der Waals surface area contributed by atoms with E-state index in [9.17, 15) is 14.4 Å². The van der Waals surface area contributed by atoms with Crippen molar-refractivity contribution in [1.82, 2.24) is 4.98 Å². The van der Waals surface area contributed by atoms with Crippen molar-refractivity contribution in [2.45, 2.75) is 20.8 Å². The molecule has 0 radical (unpaired) electrons. The number of nitrogens with zero attached hydrogens (tertiary/aromatic N) is 1. The van der Waals surface area contributed by atoms with Crippen molar-refractivity contribution in [3.63, 3.8) is 0 Å². The van der Waals surface area contributed by atoms with Crippen LogP contribution in [0.25, 0.3) is 0 Å². The SMILES string of the molecule is B.CC(=O)O[BH-](OC(C)=O)OC(C)=O.[Na+].c1ccncc1. The predicted octanol–water partition coefficient (Wildman–Crippen LogP) is -3.71. The third kappa shape index (κ3) is 18.7. The van der Waals surface area contributed by atoms with Gasteiger partial charge in [0.2, 0.25) is 0 Å². The van der Waals surface area contributed by atoms with Crippen LogP contribution in [0, 0.1) is 0 Å². The average Bonchev–Trinajstić information content (AvgIpc) is 2.29. The molecule has 0 N–H and O–H groups in total. The Kier molecular flexibility index (Phi) is 17.7. The van der Waals surface area contributed by atoms with E-state index in [0.29, 0.717) is 0 Å². The van der Waals surface area contributed by atoms with Crippen LogP contribution < -0.4 is 29.6 Å². The molecule has 1 rings (SSSR count). The van der Waals surface area contributed by atoms with Crippen LogP contribution in [0.15, 0.2) is 30.6 Å². The topological polar surface area (TPSA) is 91.8 Å². The maximum absolute atomic E-state index is 10.4. The van der Waals surface area contributed by atoms with E-state index in [4.69, 9.17) is 0 Å². The van der Waals surface area contributed by atoms with E-state index in [1.54, 1.807) is 12.4 Å². The molecule has 1 aromatic heterocycles. The smallest absolute Gasteiger partial charge is 0.625 e. The average molecular weight is 305 g/mol. The van der Waals surface area contributed by atoms with Gasteiger partial charge in [0.05, 0.1) is 8.41 Å². The molecule has 0 amide bonds. The van der Waals surface area contributed by atoms with Gasteiger partial charge in [-0.3, -0.25) is 19.4 Å². The van der Waals surface area contributed by atoms with E-state index >= 15 is 0 Å². The summed E-state index contributed by atoms with van der Waals surface area (Å²) >= 11 is 0. The molecule has 21 heavy (non-hydrogen) atoms. The molecular weight excluding hydrogens is 287 g/mol. The second-order valence-corrected chi connectivity index (χ2v) is 3.29. The predicted molar refractivity (Wildman–Crippen MR) is 76.6 cm³/mol. The van der Waals surface area contributed by atoms with Crippen LogP contribution in [0.3, 0.4) is 0 Å². The molecule has 7 nitrogen and oxygen atoms in total. The molecule has 0 aromatic carbocycles. The van der Waals surface area contributed by atoms with Gasteiger partial charge in [0.25, 0.3) is 17.9 Å². The number of carbonyl (C=O) groups is 3. The van der Waals surface area contributed by atoms with E-state index in [2.05, 4.69) is 18.9 Å². The van der Waals surface area contributed by atoms with Gasteiger partial charge >= 0.3 is 36.9 Å². The zero-order valence-corrected chi connectivity index (χ0v) is 14.0. The normalized spacial score (nSPS) is 8.00. The third-order valence-electron chi connectivity index (χ3n) is 1.53. The summed E-state index contributed by atoms with van der Waals surface area (Å²) in [5, 5.41) is 0. The Bertz CT molecular complexity index is 356. The minimum Gasteiger partial charge on any atom is -0.625 e. The van der Waals surface area contributed by atoms with E-state index in [1.165, 1.54) is 0 Å². The zero-order chi connectivity index (χ0) is 14.7. The van der Waals surface area contributed by atoms with E-state index in [-0.39, 0.29) is 38.0 Å². The summed E-state index contributed by atoms with van der Waals surface area (Å²) in [5.74, 6) is -2.03. The Morgan fingerprint density at radius 1 is 0.810 bits per heavy atom. The molecule has 0 atom stereocenters. The quantitative estimate of drug-likeness (QED) is 0.531. The van der Waals surface area contributed by atoms with Crippen molar-refractivity contribution >= 4 is 33.6 Å². The second-order valence-electron chi connectivity index (χ2n) is 3.29. The molecule has 0 aliphatic heterocycles. The molecule has 10 heteroatoms. The largest absolute Gasteiger partial charge is 1.00 e. The number of pyridine rings is 1. The van der Waals surface area contributed by atoms with Gasteiger partial charge in [0, 0.05) is 33.2 Å². The van der Waals surface area contributed by atoms with E-state index in [1.807, 2.05) is 18.2 Å². The zero-order valence-electron chi connectivity index (χ0n) is 12.0. The maximum atomic E-state index is 10.4. The molecular formula is C11H18B2NNaO6. The van der Waals surface area contributed by atoms with Crippen LogP contribution in [-0.4, -0.2) is 38.6 Å². The molecule has 0 unspecified atom stereocenters. The first kappa shape index (κ1) is 24.7. The minimum absolute atomic E-state index is 0. The van der Waals surface area contributed by atoms with Crippen molar-refractivity contribution in [2.75, 3.05) is 0 Å². The maximum Gasteiger partial charge on any atom is 1.00 e. The molecule has 110 valence electrons. The molecule has 1 heterocycles. The third-order valence-corrected chi connectivity index (χ3v) is 1.53. The molecule has 0 aliphatic carbocycles. The Morgan fingerprint density at radius 3 is 1.29 bits per heavy atom. The summed E-state index contributed by atoms with van der Waals surface area (Å²) < 4.78 is 13.3. The van der Waals surface area contributed by atoms with Crippen LogP contribution in [0.4, 0.5) is 0 Å². The van der Waals surface area contributed by atoms with Crippen LogP contribution in [0.1, 0.15) is 20.8 Å². The fourth-order valence-electron chi connectivity index (χ4n) is 0.899. The van der Waals surface area contributed by atoms with Crippen molar-refractivity contribution in [2.24, 2.45) is 0 Å². The van der Waals surface area contributed by atoms with Gasteiger partial charge < -0.3 is 14.0 Å². The number of carbonyl (C=O) groups excluding carboxylic acids is 3. The fraction of sp³-hybridized carbons (Fsp3) is 0.273. The summed E-state index contributed by atoms with van der Waals surface area (Å²) in [5.41, 5.74) is 0. The summed E-state index contributed by atoms with van der Waals surface area (Å²) in [7, 11) is -2.41. The molecule has 0 aliphatic rings. The van der Waals surface area contributed by atoms with Crippen LogP contribution in [0.2, 0.25) is 0 Å². The minimum atomic E-state index is -2.41. The van der Waals surface area contributed by atoms with Crippen molar-refractivity contribution < 1.29 is 57.9 Å². The van der Waals surface area contributed by atoms with E-state index < -0.39 is 25.2 Å². The standard InChI is InChI=1S/C6H10BO6.C5H5N.BH3.Na/c1-4(8)11-7(12-5(2)9)13-6(3)10;1-2-4-6-5-3-1;;/h7H,1-3H3;1-5H;1H3;/q-1;;;+1. The second kappa shape index (κ2) is 15.1. The van der Waals surface area contributed by atoms with Gasteiger partial charge in [-0.25, -0.2) is 0 Å². The van der Waals surface area contributed by atoms with Gasteiger partial charge in [-0.2, -0.15) is 0 Å². The molecule has 1 aromatic rings. The summed E-state index contributed by atoms with van der Waals surface area (Å²) in [4.78, 5) is 35.1. The first-order valence-corrected chi connectivity index (χ1v) is 5.44. The molecule has 0 spiro atoms. The van der Waals surface area contributed by atoms with Crippen molar-refractivity contribution in [1.29, 1.82) is 0 Å². The monoisotopic (exact) mass is 305 g/mol. The summed E-state index contributed by atoms with van der Waals surface area (Å²) in [6, 6.07) is 5.72. The fourth-order valence-corrected chi connectivity index (χ4v) is 0.899. The summed E-state index contributed by atoms with van der Waals surface area (Å²) in [6.07, 6.45) is 3.50. The van der Waals surface area contributed by atoms with Gasteiger partial charge in [0.1, 0.15) is 0 Å². The van der Waals surface area contributed by atoms with Gasteiger partial charge in [0.15, 0.2) is 0 Å². The van der Waals surface area contributed by atoms with Crippen LogP contribution >= 0.6 is 0 Å².